The lowest BCUT2D eigenvalue weighted by Gasteiger charge is -2.21. The Morgan fingerprint density at radius 1 is 0.247 bits per heavy atom. The highest BCUT2D eigenvalue weighted by molar-refractivity contribution is 7.47. The maximum atomic E-state index is 13.1. The molecule has 19 heteroatoms. The van der Waals surface area contributed by atoms with Gasteiger partial charge in [0.25, 0.3) is 0 Å². The summed E-state index contributed by atoms with van der Waals surface area (Å²) in [6.07, 6.45) is 63.9. The van der Waals surface area contributed by atoms with Gasteiger partial charge in [0.1, 0.15) is 19.3 Å². The fourth-order valence-electron chi connectivity index (χ4n) is 12.1. The number of carbonyl (C=O) groups is 4. The summed E-state index contributed by atoms with van der Waals surface area (Å²) in [5.74, 6) is -2.11. The second-order valence-electron chi connectivity index (χ2n) is 28.1. The summed E-state index contributed by atoms with van der Waals surface area (Å²) in [5, 5.41) is 10.6. The van der Waals surface area contributed by atoms with Crippen molar-refractivity contribution in [3.8, 4) is 0 Å². The van der Waals surface area contributed by atoms with Gasteiger partial charge in [-0.2, -0.15) is 0 Å². The molecule has 0 radical (unpaired) electrons. The number of hydrogen-bond acceptors (Lipinski definition) is 15. The number of phosphoric acid groups is 2. The van der Waals surface area contributed by atoms with E-state index in [1.165, 1.54) is 250 Å². The maximum Gasteiger partial charge on any atom is 0.472 e. The van der Waals surface area contributed by atoms with Gasteiger partial charge in [0, 0.05) is 25.7 Å². The van der Waals surface area contributed by atoms with E-state index in [1.807, 2.05) is 0 Å². The van der Waals surface area contributed by atoms with Gasteiger partial charge in [-0.15, -0.1) is 0 Å². The number of hydrogen-bond donors (Lipinski definition) is 3. The zero-order valence-corrected chi connectivity index (χ0v) is 64.8. The fraction of sp³-hybridized carbons (Fsp3) is 0.949. The van der Waals surface area contributed by atoms with E-state index in [1.54, 1.807) is 0 Å². The first-order valence-electron chi connectivity index (χ1n) is 40.8. The molecule has 0 aliphatic rings. The van der Waals surface area contributed by atoms with Crippen LogP contribution in [0.15, 0.2) is 0 Å². The Morgan fingerprint density at radius 2 is 0.412 bits per heavy atom. The molecule has 17 nitrogen and oxygen atoms in total. The second-order valence-corrected chi connectivity index (χ2v) is 31.0. The van der Waals surface area contributed by atoms with E-state index in [0.717, 1.165) is 89.9 Å². The summed E-state index contributed by atoms with van der Waals surface area (Å²) in [4.78, 5) is 72.8. The van der Waals surface area contributed by atoms with Crippen molar-refractivity contribution in [3.05, 3.63) is 0 Å². The smallest absolute Gasteiger partial charge is 0.462 e. The third-order valence-electron chi connectivity index (χ3n) is 18.4. The minimum atomic E-state index is -4.96. The van der Waals surface area contributed by atoms with Crippen LogP contribution >= 0.6 is 15.6 Å². The monoisotopic (exact) mass is 1420 g/mol. The Balaban J connectivity index is 5.19. The van der Waals surface area contributed by atoms with E-state index in [4.69, 9.17) is 37.0 Å². The lowest BCUT2D eigenvalue weighted by atomic mass is 10.0. The molecule has 0 aromatic rings. The van der Waals surface area contributed by atoms with Crippen molar-refractivity contribution >= 4 is 39.5 Å². The van der Waals surface area contributed by atoms with Gasteiger partial charge in [-0.25, -0.2) is 9.13 Å². The predicted octanol–water partition coefficient (Wildman–Crippen LogP) is 23.4. The first-order valence-corrected chi connectivity index (χ1v) is 43.8. The summed E-state index contributed by atoms with van der Waals surface area (Å²) in [7, 11) is -9.91. The third kappa shape index (κ3) is 72.2. The molecule has 0 saturated carbocycles. The maximum absolute atomic E-state index is 13.1. The van der Waals surface area contributed by atoms with Gasteiger partial charge in [-0.05, 0) is 25.7 Å². The molecule has 0 spiro atoms. The van der Waals surface area contributed by atoms with Crippen LogP contribution in [-0.2, 0) is 65.4 Å². The number of carbonyl (C=O) groups excluding carboxylic acids is 4. The van der Waals surface area contributed by atoms with Crippen LogP contribution in [0.25, 0.3) is 0 Å². The van der Waals surface area contributed by atoms with Crippen LogP contribution < -0.4 is 0 Å². The normalized spacial score (nSPS) is 13.8. The van der Waals surface area contributed by atoms with Gasteiger partial charge in [0.05, 0.1) is 26.4 Å². The Morgan fingerprint density at radius 3 is 0.608 bits per heavy atom. The zero-order chi connectivity index (χ0) is 71.1. The molecule has 0 heterocycles. The predicted molar refractivity (Wildman–Crippen MR) is 395 cm³/mol. The molecular formula is C78H152O17P2. The number of unbranched alkanes of at least 4 members (excludes halogenated alkanes) is 53. The molecule has 0 fully saturated rings. The molecule has 0 rings (SSSR count). The largest absolute Gasteiger partial charge is 0.472 e. The van der Waals surface area contributed by atoms with E-state index in [9.17, 15) is 43.2 Å². The van der Waals surface area contributed by atoms with Crippen LogP contribution in [0.2, 0.25) is 0 Å². The van der Waals surface area contributed by atoms with Gasteiger partial charge in [0.2, 0.25) is 0 Å². The highest BCUT2D eigenvalue weighted by atomic mass is 31.2. The van der Waals surface area contributed by atoms with Crippen molar-refractivity contribution in [2.45, 2.75) is 438 Å². The lowest BCUT2D eigenvalue weighted by molar-refractivity contribution is -0.161. The molecule has 2 unspecified atom stereocenters. The summed E-state index contributed by atoms with van der Waals surface area (Å²) >= 11 is 0. The topological polar surface area (TPSA) is 237 Å². The standard InChI is InChI=1S/C78H152O17P2/c1-5-9-13-17-21-25-28-31-33-35-36-37-39-41-43-46-49-53-57-61-65-78(83)95-74(69-89-76(81)63-59-55-51-47-45-42-40-38-34-32-29-26-22-18-14-10-6-2)71-93-97(86,87)91-67-72(79)66-90-96(84,85)92-70-73(68-88-75(80)62-58-54-50-24-20-16-12-8-4)94-77(82)64-60-56-52-48-44-30-27-23-19-15-11-7-3/h72-74,79H,5-71H2,1-4H3,(H,84,85)(H,86,87)/t72-,73+,74+/m0/s1. The van der Waals surface area contributed by atoms with Crippen LogP contribution in [0.5, 0.6) is 0 Å². The zero-order valence-electron chi connectivity index (χ0n) is 63.1. The van der Waals surface area contributed by atoms with Crippen molar-refractivity contribution in [2.75, 3.05) is 39.6 Å². The van der Waals surface area contributed by atoms with Crippen LogP contribution in [0, 0.1) is 0 Å². The highest BCUT2D eigenvalue weighted by Gasteiger charge is 2.30. The number of phosphoric ester groups is 2. The molecule has 0 aromatic carbocycles. The van der Waals surface area contributed by atoms with E-state index in [0.29, 0.717) is 25.7 Å². The molecule has 0 aromatic heterocycles. The van der Waals surface area contributed by atoms with Crippen molar-refractivity contribution < 1.29 is 80.2 Å². The quantitative estimate of drug-likeness (QED) is 0.0222. The SMILES string of the molecule is CCCCCCCCCCCCCCCCCCCCCCC(=O)O[C@H](COC(=O)CCCCCCCCCCCCCCCCCCC)COP(=O)(O)OC[C@@H](O)COP(=O)(O)OC[C@@H](COC(=O)CCCCCCCCCC)OC(=O)CCCCCCCCCCCCCC. The number of aliphatic hydroxyl groups is 1. The molecule has 5 atom stereocenters. The molecule has 0 amide bonds. The van der Waals surface area contributed by atoms with Gasteiger partial charge < -0.3 is 33.8 Å². The first kappa shape index (κ1) is 95.1. The van der Waals surface area contributed by atoms with Crippen molar-refractivity contribution in [2.24, 2.45) is 0 Å². The molecule has 0 aliphatic carbocycles. The fourth-order valence-corrected chi connectivity index (χ4v) is 13.7. The molecule has 97 heavy (non-hydrogen) atoms. The number of ether oxygens (including phenoxy) is 4. The average molecular weight is 1420 g/mol. The van der Waals surface area contributed by atoms with Gasteiger partial charge in [-0.3, -0.25) is 37.3 Å². The van der Waals surface area contributed by atoms with Crippen molar-refractivity contribution in [1.82, 2.24) is 0 Å². The van der Waals surface area contributed by atoms with Gasteiger partial charge >= 0.3 is 39.5 Å². The molecular weight excluding hydrogens is 1270 g/mol. The minimum absolute atomic E-state index is 0.108. The third-order valence-corrected chi connectivity index (χ3v) is 20.3. The van der Waals surface area contributed by atoms with E-state index >= 15 is 0 Å². The van der Waals surface area contributed by atoms with Gasteiger partial charge in [-0.1, -0.05) is 368 Å². The number of rotatable bonds is 79. The van der Waals surface area contributed by atoms with Crippen LogP contribution in [0.4, 0.5) is 0 Å². The Bertz CT molecular complexity index is 1840. The molecule has 3 N–H and O–H groups in total. The first-order chi connectivity index (χ1) is 47.2. The van der Waals surface area contributed by atoms with Crippen molar-refractivity contribution in [1.29, 1.82) is 0 Å². The molecule has 0 aliphatic heterocycles. The highest BCUT2D eigenvalue weighted by Crippen LogP contribution is 2.45. The van der Waals surface area contributed by atoms with Gasteiger partial charge in [0.15, 0.2) is 12.2 Å². The second kappa shape index (κ2) is 72.4. The Kier molecular flexibility index (Phi) is 71.0. The minimum Gasteiger partial charge on any atom is -0.462 e. The molecule has 576 valence electrons. The van der Waals surface area contributed by atoms with E-state index < -0.39 is 97.5 Å². The van der Waals surface area contributed by atoms with E-state index in [2.05, 4.69) is 27.7 Å². The Hall–Kier alpha value is -1.94. The Labute approximate surface area is 594 Å². The molecule has 0 saturated heterocycles. The van der Waals surface area contributed by atoms with E-state index in [-0.39, 0.29) is 25.7 Å². The number of aliphatic hydroxyl groups excluding tert-OH is 1. The average Bonchev–Trinajstić information content (AvgIpc) is 1.01. The summed E-state index contributed by atoms with van der Waals surface area (Å²) < 4.78 is 68.5. The lowest BCUT2D eigenvalue weighted by Crippen LogP contribution is -2.30. The van der Waals surface area contributed by atoms with Crippen LogP contribution in [-0.4, -0.2) is 96.7 Å². The van der Waals surface area contributed by atoms with Crippen LogP contribution in [0.3, 0.4) is 0 Å². The van der Waals surface area contributed by atoms with Crippen molar-refractivity contribution in [3.63, 3.8) is 0 Å². The summed E-state index contributed by atoms with van der Waals surface area (Å²) in [5.41, 5.74) is 0. The summed E-state index contributed by atoms with van der Waals surface area (Å²) in [6.45, 7) is 4.98. The van der Waals surface area contributed by atoms with Crippen LogP contribution in [0.1, 0.15) is 419 Å². The molecule has 0 bridgehead atoms. The summed E-state index contributed by atoms with van der Waals surface area (Å²) in [6, 6.07) is 0. The number of esters is 4.